The summed E-state index contributed by atoms with van der Waals surface area (Å²) < 4.78 is 0.939. The second kappa shape index (κ2) is 10.4. The normalized spacial score (nSPS) is 10.9. The average molecular weight is 438 g/mol. The number of fused-ring (bicyclic) bond motifs is 1. The van der Waals surface area contributed by atoms with Gasteiger partial charge in [-0.2, -0.15) is 5.10 Å². The molecule has 2 amide bonds. The number of rotatable bonds is 8. The van der Waals surface area contributed by atoms with Crippen LogP contribution in [0, 0.1) is 0 Å². The lowest BCUT2D eigenvalue weighted by Gasteiger charge is -2.16. The highest BCUT2D eigenvalue weighted by atomic mass is 35.5. The maximum Gasteiger partial charge on any atom is 0.325 e. The molecule has 0 saturated heterocycles. The Balaban J connectivity index is 1.70. The van der Waals surface area contributed by atoms with Gasteiger partial charge in [0, 0.05) is 30.2 Å². The van der Waals surface area contributed by atoms with E-state index in [0.29, 0.717) is 5.69 Å². The first-order chi connectivity index (χ1) is 15.0. The molecule has 0 unspecified atom stereocenters. The van der Waals surface area contributed by atoms with E-state index in [-0.39, 0.29) is 12.8 Å². The minimum absolute atomic E-state index is 0.183. The first-order valence-corrected chi connectivity index (χ1v) is 9.87. The molecule has 0 aromatic heterocycles. The Hall–Kier alpha value is -3.71. The van der Waals surface area contributed by atoms with Gasteiger partial charge < -0.3 is 5.11 Å². The summed E-state index contributed by atoms with van der Waals surface area (Å²) in [5.41, 5.74) is 1.23. The van der Waals surface area contributed by atoms with Gasteiger partial charge in [-0.25, -0.2) is 9.43 Å². The van der Waals surface area contributed by atoms with Crippen molar-refractivity contribution >= 4 is 52.2 Å². The molecule has 0 bridgehead atoms. The minimum atomic E-state index is -1.21. The molecule has 31 heavy (non-hydrogen) atoms. The summed E-state index contributed by atoms with van der Waals surface area (Å²) in [4.78, 5) is 36.1. The Kier molecular flexibility index (Phi) is 7.35. The number of para-hydroxylation sites is 1. The highest BCUT2D eigenvalue weighted by Gasteiger charge is 2.20. The number of hydrogen-bond donors (Lipinski definition) is 1. The van der Waals surface area contributed by atoms with Gasteiger partial charge in [-0.3, -0.25) is 14.4 Å². The zero-order chi connectivity index (χ0) is 22.2. The van der Waals surface area contributed by atoms with E-state index in [1.165, 1.54) is 6.21 Å². The molecule has 0 aliphatic heterocycles. The Morgan fingerprint density at radius 2 is 1.52 bits per heavy atom. The second-order valence-electron chi connectivity index (χ2n) is 6.67. The third kappa shape index (κ3) is 5.90. The van der Waals surface area contributed by atoms with Gasteiger partial charge in [-0.1, -0.05) is 60.7 Å². The number of carbonyl (C=O) groups is 3. The monoisotopic (exact) mass is 437 g/mol. The van der Waals surface area contributed by atoms with Gasteiger partial charge in [0.25, 0.3) is 0 Å². The third-order valence-electron chi connectivity index (χ3n) is 4.49. The van der Waals surface area contributed by atoms with Crippen molar-refractivity contribution < 1.29 is 19.5 Å². The van der Waals surface area contributed by atoms with Gasteiger partial charge in [0.2, 0.25) is 11.8 Å². The van der Waals surface area contributed by atoms with Crippen LogP contribution < -0.4 is 4.42 Å². The molecule has 0 saturated carbocycles. The van der Waals surface area contributed by atoms with Crippen LogP contribution in [-0.2, 0) is 14.4 Å². The molecule has 7 nitrogen and oxygen atoms in total. The molecular weight excluding hydrogens is 418 g/mol. The quantitative estimate of drug-likeness (QED) is 0.327. The molecule has 3 aromatic rings. The maximum atomic E-state index is 12.6. The molecular formula is C23H20ClN3O4. The van der Waals surface area contributed by atoms with E-state index in [2.05, 4.69) is 5.10 Å². The number of aliphatic carboxylic acids is 1. The summed E-state index contributed by atoms with van der Waals surface area (Å²) in [6.07, 6.45) is 1.04. The van der Waals surface area contributed by atoms with Gasteiger partial charge >= 0.3 is 5.97 Å². The Morgan fingerprint density at radius 1 is 0.871 bits per heavy atom. The van der Waals surface area contributed by atoms with E-state index in [9.17, 15) is 14.4 Å². The highest BCUT2D eigenvalue weighted by Crippen LogP contribution is 2.18. The summed E-state index contributed by atoms with van der Waals surface area (Å²) in [5, 5.41) is 16.0. The van der Waals surface area contributed by atoms with Crippen LogP contribution in [0.4, 0.5) is 5.69 Å². The van der Waals surface area contributed by atoms with Gasteiger partial charge in [0.1, 0.15) is 6.54 Å². The summed E-state index contributed by atoms with van der Waals surface area (Å²) in [7, 11) is 0. The maximum absolute atomic E-state index is 12.6. The molecule has 0 atom stereocenters. The lowest BCUT2D eigenvalue weighted by molar-refractivity contribution is -0.144. The molecule has 3 rings (SSSR count). The lowest BCUT2D eigenvalue weighted by Crippen LogP contribution is -2.32. The summed E-state index contributed by atoms with van der Waals surface area (Å²) >= 11 is 6.04. The molecule has 0 spiro atoms. The number of amides is 2. The number of halogens is 1. The zero-order valence-electron chi connectivity index (χ0n) is 16.5. The van der Waals surface area contributed by atoms with Gasteiger partial charge in [-0.15, -0.1) is 0 Å². The largest absolute Gasteiger partial charge is 0.480 e. The molecule has 8 heteroatoms. The number of hydrogen-bond acceptors (Lipinski definition) is 4. The molecule has 0 heterocycles. The highest BCUT2D eigenvalue weighted by molar-refractivity contribution is 6.36. The van der Waals surface area contributed by atoms with E-state index in [0.717, 1.165) is 25.8 Å². The fraction of sp³-hybridized carbons (Fsp3) is 0.130. The van der Waals surface area contributed by atoms with Crippen LogP contribution in [0.15, 0.2) is 77.9 Å². The first kappa shape index (κ1) is 22.0. The van der Waals surface area contributed by atoms with Crippen molar-refractivity contribution in [1.29, 1.82) is 0 Å². The predicted octanol–water partition coefficient (Wildman–Crippen LogP) is 4.05. The Morgan fingerprint density at radius 3 is 2.26 bits per heavy atom. The van der Waals surface area contributed by atoms with Crippen LogP contribution in [0.1, 0.15) is 18.4 Å². The van der Waals surface area contributed by atoms with E-state index in [1.54, 1.807) is 30.3 Å². The molecule has 0 fully saturated rings. The van der Waals surface area contributed by atoms with E-state index in [1.807, 2.05) is 42.5 Å². The van der Waals surface area contributed by atoms with Crippen LogP contribution in [0.2, 0.25) is 0 Å². The van der Waals surface area contributed by atoms with Crippen molar-refractivity contribution in [3.05, 3.63) is 78.4 Å². The molecule has 158 valence electrons. The van der Waals surface area contributed by atoms with Gasteiger partial charge in [0.05, 0.1) is 11.9 Å². The average Bonchev–Trinajstić information content (AvgIpc) is 2.79. The molecule has 1 N–H and O–H groups in total. The van der Waals surface area contributed by atoms with Crippen molar-refractivity contribution in [2.75, 3.05) is 11.0 Å². The molecule has 0 aliphatic rings. The van der Waals surface area contributed by atoms with E-state index in [4.69, 9.17) is 16.9 Å². The molecule has 0 aliphatic carbocycles. The van der Waals surface area contributed by atoms with Crippen LogP contribution in [0.25, 0.3) is 10.8 Å². The Bertz CT molecular complexity index is 1110. The van der Waals surface area contributed by atoms with Crippen molar-refractivity contribution in [2.24, 2.45) is 5.10 Å². The van der Waals surface area contributed by atoms with Gasteiger partial charge in [0.15, 0.2) is 0 Å². The number of carboxylic acids is 1. The lowest BCUT2D eigenvalue weighted by atomic mass is 10.1. The topological polar surface area (TPSA) is 90.3 Å². The summed E-state index contributed by atoms with van der Waals surface area (Å²) in [6, 6.07) is 21.9. The first-order valence-electron chi connectivity index (χ1n) is 9.53. The summed E-state index contributed by atoms with van der Waals surface area (Å²) in [5.74, 6) is -2.28. The fourth-order valence-corrected chi connectivity index (χ4v) is 3.16. The number of carboxylic acid groups (broad SMARTS) is 1. The minimum Gasteiger partial charge on any atom is -0.480 e. The molecule has 3 aromatic carbocycles. The van der Waals surface area contributed by atoms with Crippen LogP contribution >= 0.6 is 11.8 Å². The number of carbonyl (C=O) groups excluding carboxylic acids is 2. The van der Waals surface area contributed by atoms with Crippen molar-refractivity contribution in [3.63, 3.8) is 0 Å². The number of benzene rings is 3. The van der Waals surface area contributed by atoms with Crippen molar-refractivity contribution in [2.45, 2.75) is 12.8 Å². The van der Waals surface area contributed by atoms with Crippen molar-refractivity contribution in [1.82, 2.24) is 5.01 Å². The second-order valence-corrected chi connectivity index (χ2v) is 7.01. The van der Waals surface area contributed by atoms with Crippen LogP contribution in [0.3, 0.4) is 0 Å². The predicted molar refractivity (Wildman–Crippen MR) is 120 cm³/mol. The van der Waals surface area contributed by atoms with E-state index < -0.39 is 24.3 Å². The Labute approximate surface area is 184 Å². The number of nitrogens with zero attached hydrogens (tertiary/aromatic N) is 3. The van der Waals surface area contributed by atoms with Gasteiger partial charge in [-0.05, 0) is 22.9 Å². The van der Waals surface area contributed by atoms with Crippen molar-refractivity contribution in [3.8, 4) is 0 Å². The molecule has 0 radical (unpaired) electrons. The van der Waals surface area contributed by atoms with E-state index >= 15 is 0 Å². The SMILES string of the molecule is O=C(O)CN(N=Cc1cccc2ccccc12)C(=O)CCC(=O)N(Cl)c1ccccc1. The smallest absolute Gasteiger partial charge is 0.325 e. The van der Waals surface area contributed by atoms with Crippen LogP contribution in [-0.4, -0.2) is 40.7 Å². The summed E-state index contributed by atoms with van der Waals surface area (Å²) in [6.45, 7) is -0.614. The third-order valence-corrected chi connectivity index (χ3v) is 4.87. The standard InChI is InChI=1S/C23H20ClN3O4/c24-27(19-10-2-1-3-11-19)22(29)14-13-21(28)26(16-23(30)31)25-15-18-9-6-8-17-7-4-5-12-20(17)18/h1-12,15H,13-14,16H2,(H,30,31). The number of anilines is 1. The fourth-order valence-electron chi connectivity index (χ4n) is 2.96. The number of hydrazone groups is 1. The van der Waals surface area contributed by atoms with Crippen LogP contribution in [0.5, 0.6) is 0 Å². The zero-order valence-corrected chi connectivity index (χ0v) is 17.3.